The largest absolute Gasteiger partial charge is 0.497 e. The van der Waals surface area contributed by atoms with Gasteiger partial charge in [-0.3, -0.25) is 0 Å². The first kappa shape index (κ1) is 10.8. The summed E-state index contributed by atoms with van der Waals surface area (Å²) in [4.78, 5) is 4.12. The molecule has 0 saturated heterocycles. The van der Waals surface area contributed by atoms with Gasteiger partial charge in [0.05, 0.1) is 12.8 Å². The van der Waals surface area contributed by atoms with E-state index in [0.717, 1.165) is 10.8 Å². The number of nitrogens with zero attached hydrogens (tertiary/aromatic N) is 1. The van der Waals surface area contributed by atoms with Gasteiger partial charge in [-0.05, 0) is 12.1 Å². The third kappa shape index (κ3) is 2.43. The second kappa shape index (κ2) is 4.85. The lowest BCUT2D eigenvalue weighted by Crippen LogP contribution is -1.98. The zero-order valence-electron chi connectivity index (χ0n) is 8.84. The molecule has 4 nitrogen and oxygen atoms in total. The van der Waals surface area contributed by atoms with E-state index < -0.39 is 0 Å². The molecular formula is C11H12N2O2S. The fourth-order valence-electron chi connectivity index (χ4n) is 1.25. The van der Waals surface area contributed by atoms with Crippen LogP contribution in [0.25, 0.3) is 0 Å². The Morgan fingerprint density at radius 3 is 2.94 bits per heavy atom. The fourth-order valence-corrected chi connectivity index (χ4v) is 1.78. The van der Waals surface area contributed by atoms with Gasteiger partial charge in [0.15, 0.2) is 0 Å². The van der Waals surface area contributed by atoms with E-state index in [0.29, 0.717) is 18.0 Å². The summed E-state index contributed by atoms with van der Waals surface area (Å²) in [5.41, 5.74) is 6.38. The minimum absolute atomic E-state index is 0.439. The normalized spacial score (nSPS) is 10.1. The van der Waals surface area contributed by atoms with E-state index in [9.17, 15) is 0 Å². The van der Waals surface area contributed by atoms with Crippen molar-refractivity contribution < 1.29 is 9.47 Å². The van der Waals surface area contributed by atoms with Crippen LogP contribution in [-0.2, 0) is 6.61 Å². The first-order valence-corrected chi connectivity index (χ1v) is 5.62. The summed E-state index contributed by atoms with van der Waals surface area (Å²) in [6, 6.07) is 5.34. The number of nitrogens with two attached hydrogens (primary N) is 1. The van der Waals surface area contributed by atoms with Gasteiger partial charge in [-0.1, -0.05) is 0 Å². The summed E-state index contributed by atoms with van der Waals surface area (Å²) >= 11 is 1.55. The van der Waals surface area contributed by atoms with Crippen LogP contribution < -0.4 is 15.2 Å². The van der Waals surface area contributed by atoms with Crippen molar-refractivity contribution in [3.8, 4) is 11.5 Å². The molecule has 16 heavy (non-hydrogen) atoms. The third-order valence-electron chi connectivity index (χ3n) is 2.05. The van der Waals surface area contributed by atoms with E-state index >= 15 is 0 Å². The summed E-state index contributed by atoms with van der Waals surface area (Å²) in [6.45, 7) is 0.439. The number of hydrogen-bond acceptors (Lipinski definition) is 5. The maximum absolute atomic E-state index is 5.81. The standard InChI is InChI=1S/C11H12N2O2S/c1-14-8-2-3-10(9(12)6-8)15-7-11-13-4-5-16-11/h2-6H,7,12H2,1H3. The molecule has 0 aliphatic heterocycles. The maximum atomic E-state index is 5.81. The van der Waals surface area contributed by atoms with Crippen LogP contribution in [0.3, 0.4) is 0 Å². The second-order valence-corrected chi connectivity index (χ2v) is 4.10. The Bertz CT molecular complexity index is 457. The van der Waals surface area contributed by atoms with Crippen LogP contribution >= 0.6 is 11.3 Å². The van der Waals surface area contributed by atoms with Gasteiger partial charge in [0.25, 0.3) is 0 Å². The van der Waals surface area contributed by atoms with Crippen molar-refractivity contribution in [2.24, 2.45) is 0 Å². The molecule has 2 rings (SSSR count). The Morgan fingerprint density at radius 1 is 1.44 bits per heavy atom. The van der Waals surface area contributed by atoms with Gasteiger partial charge >= 0.3 is 0 Å². The molecule has 0 unspecified atom stereocenters. The highest BCUT2D eigenvalue weighted by atomic mass is 32.1. The topological polar surface area (TPSA) is 57.4 Å². The number of benzene rings is 1. The zero-order chi connectivity index (χ0) is 11.4. The van der Waals surface area contributed by atoms with Gasteiger partial charge in [-0.15, -0.1) is 11.3 Å². The molecule has 0 amide bonds. The minimum atomic E-state index is 0.439. The predicted octanol–water partition coefficient (Wildman–Crippen LogP) is 2.31. The lowest BCUT2D eigenvalue weighted by molar-refractivity contribution is 0.306. The van der Waals surface area contributed by atoms with Crippen LogP contribution in [0, 0.1) is 0 Å². The van der Waals surface area contributed by atoms with Crippen molar-refractivity contribution in [1.29, 1.82) is 0 Å². The average Bonchev–Trinajstić information content (AvgIpc) is 2.80. The lowest BCUT2D eigenvalue weighted by Gasteiger charge is -2.08. The predicted molar refractivity (Wildman–Crippen MR) is 63.9 cm³/mol. The third-order valence-corrected chi connectivity index (χ3v) is 2.80. The molecule has 0 bridgehead atoms. The number of anilines is 1. The molecule has 5 heteroatoms. The molecule has 2 N–H and O–H groups in total. The molecule has 2 aromatic rings. The van der Waals surface area contributed by atoms with Crippen LogP contribution in [0.2, 0.25) is 0 Å². The first-order chi connectivity index (χ1) is 7.79. The highest BCUT2D eigenvalue weighted by Crippen LogP contribution is 2.27. The highest BCUT2D eigenvalue weighted by molar-refractivity contribution is 7.09. The van der Waals surface area contributed by atoms with E-state index in [4.69, 9.17) is 15.2 Å². The van der Waals surface area contributed by atoms with Crippen LogP contribution in [0.4, 0.5) is 5.69 Å². The monoisotopic (exact) mass is 236 g/mol. The molecular weight excluding hydrogens is 224 g/mol. The van der Waals surface area contributed by atoms with Crippen molar-refractivity contribution in [1.82, 2.24) is 4.98 Å². The van der Waals surface area contributed by atoms with E-state index in [1.165, 1.54) is 0 Å². The summed E-state index contributed by atoms with van der Waals surface area (Å²) in [5.74, 6) is 1.37. The van der Waals surface area contributed by atoms with Crippen molar-refractivity contribution in [3.05, 3.63) is 34.8 Å². The highest BCUT2D eigenvalue weighted by Gasteiger charge is 2.03. The van der Waals surface area contributed by atoms with Crippen LogP contribution in [0.5, 0.6) is 11.5 Å². The van der Waals surface area contributed by atoms with E-state index in [1.807, 2.05) is 11.4 Å². The Hall–Kier alpha value is -1.75. The van der Waals surface area contributed by atoms with E-state index in [2.05, 4.69) is 4.98 Å². The Balaban J connectivity index is 2.04. The van der Waals surface area contributed by atoms with Crippen LogP contribution in [0.1, 0.15) is 5.01 Å². The van der Waals surface area contributed by atoms with Gasteiger partial charge < -0.3 is 15.2 Å². The van der Waals surface area contributed by atoms with Gasteiger partial charge in [0, 0.05) is 17.6 Å². The number of thiazole rings is 1. The molecule has 1 aromatic carbocycles. The molecule has 0 fully saturated rings. The molecule has 1 aromatic heterocycles. The molecule has 84 valence electrons. The number of ether oxygens (including phenoxy) is 2. The van der Waals surface area contributed by atoms with Crippen molar-refractivity contribution in [3.63, 3.8) is 0 Å². The number of nitrogen functional groups attached to an aromatic ring is 1. The van der Waals surface area contributed by atoms with Gasteiger partial charge in [-0.2, -0.15) is 0 Å². The summed E-state index contributed by atoms with van der Waals surface area (Å²) in [5, 5.41) is 2.84. The number of hydrogen-bond donors (Lipinski definition) is 1. The zero-order valence-corrected chi connectivity index (χ0v) is 9.66. The van der Waals surface area contributed by atoms with Gasteiger partial charge in [0.1, 0.15) is 23.1 Å². The Labute approximate surface area is 97.6 Å². The van der Waals surface area contributed by atoms with Gasteiger partial charge in [-0.25, -0.2) is 4.98 Å². The lowest BCUT2D eigenvalue weighted by atomic mass is 10.3. The number of rotatable bonds is 4. The summed E-state index contributed by atoms with van der Waals surface area (Å²) < 4.78 is 10.6. The number of methoxy groups -OCH3 is 1. The summed E-state index contributed by atoms with van der Waals surface area (Å²) in [7, 11) is 1.60. The second-order valence-electron chi connectivity index (χ2n) is 3.12. The van der Waals surface area contributed by atoms with Gasteiger partial charge in [0.2, 0.25) is 0 Å². The number of aromatic nitrogens is 1. The fraction of sp³-hybridized carbons (Fsp3) is 0.182. The maximum Gasteiger partial charge on any atom is 0.143 e. The molecule has 1 heterocycles. The van der Waals surface area contributed by atoms with Crippen molar-refractivity contribution in [2.45, 2.75) is 6.61 Å². The van der Waals surface area contributed by atoms with Crippen LogP contribution in [0.15, 0.2) is 29.8 Å². The SMILES string of the molecule is COc1ccc(OCc2nccs2)c(N)c1. The van der Waals surface area contributed by atoms with E-state index in [-0.39, 0.29) is 0 Å². The molecule has 0 aliphatic carbocycles. The minimum Gasteiger partial charge on any atom is -0.497 e. The van der Waals surface area contributed by atoms with Crippen molar-refractivity contribution >= 4 is 17.0 Å². The quantitative estimate of drug-likeness (QED) is 0.828. The molecule has 0 atom stereocenters. The molecule has 0 spiro atoms. The Kier molecular flexibility index (Phi) is 3.26. The molecule has 0 aliphatic rings. The average molecular weight is 236 g/mol. The summed E-state index contributed by atoms with van der Waals surface area (Å²) in [6.07, 6.45) is 1.75. The van der Waals surface area contributed by atoms with Crippen molar-refractivity contribution in [2.75, 3.05) is 12.8 Å². The Morgan fingerprint density at radius 2 is 2.31 bits per heavy atom. The smallest absolute Gasteiger partial charge is 0.143 e. The first-order valence-electron chi connectivity index (χ1n) is 4.74. The van der Waals surface area contributed by atoms with Crippen LogP contribution in [-0.4, -0.2) is 12.1 Å². The molecule has 0 radical (unpaired) electrons. The molecule has 0 saturated carbocycles. The van der Waals surface area contributed by atoms with E-state index in [1.54, 1.807) is 36.8 Å².